The first-order valence-corrected chi connectivity index (χ1v) is 6.89. The summed E-state index contributed by atoms with van der Waals surface area (Å²) in [6.07, 6.45) is 1.62. The van der Waals surface area contributed by atoms with Crippen molar-refractivity contribution < 1.29 is 9.21 Å². The number of nitrogens with two attached hydrogens (primary N) is 1. The standard InChI is InChI=1S/C15H18ClN3O2/c1-19(2)13(14-4-3-5-21-14)9-18-15(20)10-6-11(16)8-12(17)7-10/h3-8,13H,9,17H2,1-2H3,(H,18,20). The number of hydrogen-bond acceptors (Lipinski definition) is 4. The van der Waals surface area contributed by atoms with Gasteiger partial charge in [0.1, 0.15) is 5.76 Å². The fraction of sp³-hybridized carbons (Fsp3) is 0.267. The zero-order valence-corrected chi connectivity index (χ0v) is 12.7. The molecule has 0 saturated carbocycles. The Morgan fingerprint density at radius 2 is 2.19 bits per heavy atom. The topological polar surface area (TPSA) is 71.5 Å². The van der Waals surface area contributed by atoms with Gasteiger partial charge in [0, 0.05) is 22.8 Å². The number of nitrogen functional groups attached to an aromatic ring is 1. The van der Waals surface area contributed by atoms with Gasteiger partial charge >= 0.3 is 0 Å². The number of anilines is 1. The molecule has 1 aromatic heterocycles. The van der Waals surface area contributed by atoms with E-state index in [0.717, 1.165) is 5.76 Å². The molecule has 0 saturated heterocycles. The summed E-state index contributed by atoms with van der Waals surface area (Å²) in [4.78, 5) is 14.1. The van der Waals surface area contributed by atoms with Crippen molar-refractivity contribution in [2.45, 2.75) is 6.04 Å². The summed E-state index contributed by atoms with van der Waals surface area (Å²) < 4.78 is 5.40. The molecule has 1 heterocycles. The number of carbonyl (C=O) groups is 1. The van der Waals surface area contributed by atoms with Crippen LogP contribution in [0.5, 0.6) is 0 Å². The number of carbonyl (C=O) groups excluding carboxylic acids is 1. The average Bonchev–Trinajstić information content (AvgIpc) is 2.91. The van der Waals surface area contributed by atoms with Crippen molar-refractivity contribution in [2.24, 2.45) is 0 Å². The lowest BCUT2D eigenvalue weighted by Crippen LogP contribution is -2.34. The van der Waals surface area contributed by atoms with Gasteiger partial charge in [0.15, 0.2) is 0 Å². The second kappa shape index (κ2) is 6.65. The Bertz CT molecular complexity index is 591. The van der Waals surface area contributed by atoms with Gasteiger partial charge in [0.25, 0.3) is 5.91 Å². The van der Waals surface area contributed by atoms with Gasteiger partial charge in [-0.15, -0.1) is 0 Å². The minimum absolute atomic E-state index is 0.0412. The largest absolute Gasteiger partial charge is 0.468 e. The summed E-state index contributed by atoms with van der Waals surface area (Å²) >= 11 is 5.91. The van der Waals surface area contributed by atoms with Gasteiger partial charge in [-0.05, 0) is 44.4 Å². The Morgan fingerprint density at radius 3 is 2.76 bits per heavy atom. The van der Waals surface area contributed by atoms with Crippen molar-refractivity contribution in [1.29, 1.82) is 0 Å². The molecule has 3 N–H and O–H groups in total. The zero-order chi connectivity index (χ0) is 15.4. The highest BCUT2D eigenvalue weighted by atomic mass is 35.5. The van der Waals surface area contributed by atoms with Gasteiger partial charge in [-0.25, -0.2) is 0 Å². The van der Waals surface area contributed by atoms with Gasteiger partial charge < -0.3 is 15.5 Å². The lowest BCUT2D eigenvalue weighted by atomic mass is 10.1. The molecule has 0 radical (unpaired) electrons. The van der Waals surface area contributed by atoms with Gasteiger partial charge in [-0.1, -0.05) is 11.6 Å². The van der Waals surface area contributed by atoms with Crippen LogP contribution in [0.4, 0.5) is 5.69 Å². The molecular weight excluding hydrogens is 290 g/mol. The van der Waals surface area contributed by atoms with Gasteiger partial charge in [-0.2, -0.15) is 0 Å². The van der Waals surface area contributed by atoms with E-state index in [-0.39, 0.29) is 11.9 Å². The molecule has 1 amide bonds. The van der Waals surface area contributed by atoms with E-state index in [1.807, 2.05) is 31.1 Å². The van der Waals surface area contributed by atoms with E-state index < -0.39 is 0 Å². The Balaban J connectivity index is 2.05. The van der Waals surface area contributed by atoms with Crippen molar-refractivity contribution in [3.8, 4) is 0 Å². The molecule has 112 valence electrons. The van der Waals surface area contributed by atoms with Crippen LogP contribution >= 0.6 is 11.6 Å². The normalized spacial score (nSPS) is 12.4. The predicted molar refractivity (Wildman–Crippen MR) is 83.3 cm³/mol. The Morgan fingerprint density at radius 1 is 1.43 bits per heavy atom. The number of hydrogen-bond donors (Lipinski definition) is 2. The SMILES string of the molecule is CN(C)C(CNC(=O)c1cc(N)cc(Cl)c1)c1ccco1. The summed E-state index contributed by atoms with van der Waals surface area (Å²) in [6.45, 7) is 0.422. The van der Waals surface area contributed by atoms with Crippen LogP contribution in [0.15, 0.2) is 41.0 Å². The van der Waals surface area contributed by atoms with Crippen LogP contribution in [0.1, 0.15) is 22.2 Å². The van der Waals surface area contributed by atoms with Crippen molar-refractivity contribution in [3.05, 3.63) is 52.9 Å². The molecule has 0 fully saturated rings. The van der Waals surface area contributed by atoms with Crippen LogP contribution in [-0.4, -0.2) is 31.4 Å². The van der Waals surface area contributed by atoms with E-state index in [4.69, 9.17) is 21.8 Å². The molecule has 1 aromatic carbocycles. The van der Waals surface area contributed by atoms with Crippen LogP contribution in [-0.2, 0) is 0 Å². The van der Waals surface area contributed by atoms with E-state index in [0.29, 0.717) is 22.8 Å². The second-order valence-corrected chi connectivity index (χ2v) is 5.41. The minimum atomic E-state index is -0.220. The highest BCUT2D eigenvalue weighted by molar-refractivity contribution is 6.31. The zero-order valence-electron chi connectivity index (χ0n) is 12.0. The summed E-state index contributed by atoms with van der Waals surface area (Å²) in [5.74, 6) is 0.577. The first kappa shape index (κ1) is 15.4. The molecule has 0 aliphatic heterocycles. The molecule has 6 heteroatoms. The third-order valence-electron chi connectivity index (χ3n) is 3.13. The molecule has 2 aromatic rings. The smallest absolute Gasteiger partial charge is 0.251 e. The van der Waals surface area contributed by atoms with Gasteiger partial charge in [0.05, 0.1) is 12.3 Å². The number of furan rings is 1. The molecule has 21 heavy (non-hydrogen) atoms. The number of halogens is 1. The summed E-state index contributed by atoms with van der Waals surface area (Å²) in [7, 11) is 3.85. The molecule has 2 rings (SSSR count). The molecule has 1 unspecified atom stereocenters. The molecule has 1 atom stereocenters. The third kappa shape index (κ3) is 4.00. The third-order valence-corrected chi connectivity index (χ3v) is 3.35. The molecular formula is C15H18ClN3O2. The molecule has 0 spiro atoms. The maximum Gasteiger partial charge on any atom is 0.251 e. The molecule has 0 aliphatic rings. The fourth-order valence-corrected chi connectivity index (χ4v) is 2.30. The minimum Gasteiger partial charge on any atom is -0.468 e. The van der Waals surface area contributed by atoms with Crippen LogP contribution in [0.25, 0.3) is 0 Å². The maximum atomic E-state index is 12.2. The molecule has 0 bridgehead atoms. The Labute approximate surface area is 128 Å². The van der Waals surface area contributed by atoms with Crippen molar-refractivity contribution in [2.75, 3.05) is 26.4 Å². The number of nitrogens with zero attached hydrogens (tertiary/aromatic N) is 1. The number of amides is 1. The fourth-order valence-electron chi connectivity index (χ4n) is 2.05. The number of rotatable bonds is 5. The van der Waals surface area contributed by atoms with Crippen molar-refractivity contribution >= 4 is 23.2 Å². The van der Waals surface area contributed by atoms with Crippen molar-refractivity contribution in [1.82, 2.24) is 10.2 Å². The highest BCUT2D eigenvalue weighted by Crippen LogP contribution is 2.19. The highest BCUT2D eigenvalue weighted by Gasteiger charge is 2.18. The summed E-state index contributed by atoms with van der Waals surface area (Å²) in [5, 5.41) is 3.31. The average molecular weight is 308 g/mol. The van der Waals surface area contributed by atoms with E-state index in [9.17, 15) is 4.79 Å². The Kier molecular flexibility index (Phi) is 4.88. The van der Waals surface area contributed by atoms with E-state index in [2.05, 4.69) is 5.32 Å². The lowest BCUT2D eigenvalue weighted by molar-refractivity contribution is 0.0939. The lowest BCUT2D eigenvalue weighted by Gasteiger charge is -2.22. The van der Waals surface area contributed by atoms with Gasteiger partial charge in [0.2, 0.25) is 0 Å². The van der Waals surface area contributed by atoms with Crippen LogP contribution in [0, 0.1) is 0 Å². The van der Waals surface area contributed by atoms with Crippen LogP contribution in [0.2, 0.25) is 5.02 Å². The molecule has 5 nitrogen and oxygen atoms in total. The maximum absolute atomic E-state index is 12.2. The van der Waals surface area contributed by atoms with Crippen LogP contribution in [0.3, 0.4) is 0 Å². The summed E-state index contributed by atoms with van der Waals surface area (Å²) in [5.41, 5.74) is 6.59. The number of likely N-dealkylation sites (N-methyl/N-ethyl adjacent to an activating group) is 1. The number of nitrogens with one attached hydrogen (secondary N) is 1. The molecule has 0 aliphatic carbocycles. The monoisotopic (exact) mass is 307 g/mol. The first-order valence-electron chi connectivity index (χ1n) is 6.51. The quantitative estimate of drug-likeness (QED) is 0.833. The van der Waals surface area contributed by atoms with E-state index in [1.54, 1.807) is 24.5 Å². The Hall–Kier alpha value is -1.98. The predicted octanol–water partition coefficient (Wildman–Crippen LogP) is 2.55. The van der Waals surface area contributed by atoms with E-state index in [1.165, 1.54) is 0 Å². The van der Waals surface area contributed by atoms with Gasteiger partial charge in [-0.3, -0.25) is 9.69 Å². The first-order chi connectivity index (χ1) is 9.97. The summed E-state index contributed by atoms with van der Waals surface area (Å²) in [6, 6.07) is 8.45. The van der Waals surface area contributed by atoms with Crippen LogP contribution < -0.4 is 11.1 Å². The number of benzene rings is 1. The van der Waals surface area contributed by atoms with Crippen molar-refractivity contribution in [3.63, 3.8) is 0 Å². The van der Waals surface area contributed by atoms with E-state index >= 15 is 0 Å². The second-order valence-electron chi connectivity index (χ2n) is 4.98.